The third kappa shape index (κ3) is 2.01. The first-order chi connectivity index (χ1) is 6.06. The largest absolute Gasteiger partial charge is 0.298 e. The summed E-state index contributed by atoms with van der Waals surface area (Å²) < 4.78 is 24.3. The molecule has 0 radical (unpaired) electrons. The quantitative estimate of drug-likeness (QED) is 0.695. The lowest BCUT2D eigenvalue weighted by atomic mass is 10.2. The van der Waals surface area contributed by atoms with Gasteiger partial charge in [-0.1, -0.05) is 11.6 Å². The lowest BCUT2D eigenvalue weighted by Crippen LogP contribution is -1.97. The van der Waals surface area contributed by atoms with Crippen LogP contribution in [0.25, 0.3) is 0 Å². The number of pyridine rings is 1. The van der Waals surface area contributed by atoms with Crippen molar-refractivity contribution in [2.45, 2.75) is 13.3 Å². The Labute approximate surface area is 78.5 Å². The molecule has 0 fully saturated rings. The van der Waals surface area contributed by atoms with Gasteiger partial charge in [0.2, 0.25) is 0 Å². The minimum atomic E-state index is -2.69. The van der Waals surface area contributed by atoms with Gasteiger partial charge in [0, 0.05) is 5.56 Å². The molecule has 13 heavy (non-hydrogen) atoms. The predicted molar refractivity (Wildman–Crippen MR) is 44.3 cm³/mol. The number of carbonyl (C=O) groups is 1. The van der Waals surface area contributed by atoms with Crippen molar-refractivity contribution in [3.8, 4) is 0 Å². The highest BCUT2D eigenvalue weighted by Gasteiger charge is 2.13. The second kappa shape index (κ2) is 3.79. The van der Waals surface area contributed by atoms with E-state index in [1.807, 2.05) is 0 Å². The number of alkyl halides is 2. The molecule has 1 aromatic rings. The van der Waals surface area contributed by atoms with Crippen LogP contribution in [-0.4, -0.2) is 11.3 Å². The zero-order valence-corrected chi connectivity index (χ0v) is 7.48. The maximum atomic E-state index is 12.2. The second-order valence-electron chi connectivity index (χ2n) is 2.45. The summed E-state index contributed by atoms with van der Waals surface area (Å²) in [7, 11) is 0. The van der Waals surface area contributed by atoms with Crippen molar-refractivity contribution in [3.63, 3.8) is 0 Å². The summed E-state index contributed by atoms with van der Waals surface area (Å²) in [5, 5.41) is 0.124. The number of aromatic nitrogens is 1. The number of halogens is 3. The van der Waals surface area contributed by atoms with Gasteiger partial charge in [-0.05, 0) is 13.0 Å². The highest BCUT2D eigenvalue weighted by molar-refractivity contribution is 6.33. The van der Waals surface area contributed by atoms with Crippen LogP contribution in [0.5, 0.6) is 0 Å². The van der Waals surface area contributed by atoms with E-state index < -0.39 is 12.1 Å². The molecule has 5 heteroatoms. The van der Waals surface area contributed by atoms with E-state index in [4.69, 9.17) is 11.6 Å². The molecule has 0 bridgehead atoms. The molecule has 2 nitrogen and oxygen atoms in total. The van der Waals surface area contributed by atoms with E-state index in [9.17, 15) is 13.6 Å². The molecular formula is C8H6ClF2NO. The van der Waals surface area contributed by atoms with E-state index in [0.717, 1.165) is 6.07 Å². The first-order valence-electron chi connectivity index (χ1n) is 3.46. The van der Waals surface area contributed by atoms with Gasteiger partial charge in [-0.3, -0.25) is 9.78 Å². The highest BCUT2D eigenvalue weighted by Crippen LogP contribution is 2.23. The van der Waals surface area contributed by atoms with Crippen molar-refractivity contribution in [1.29, 1.82) is 0 Å². The van der Waals surface area contributed by atoms with Gasteiger partial charge < -0.3 is 0 Å². The Morgan fingerprint density at radius 2 is 2.23 bits per heavy atom. The van der Waals surface area contributed by atoms with Gasteiger partial charge in [0.25, 0.3) is 6.43 Å². The SMILES string of the molecule is Cc1nc(C(F)F)cc(C=O)c1Cl. The van der Waals surface area contributed by atoms with Crippen LogP contribution in [0.1, 0.15) is 28.2 Å². The lowest BCUT2D eigenvalue weighted by molar-refractivity contribution is 0.112. The van der Waals surface area contributed by atoms with Gasteiger partial charge in [-0.25, -0.2) is 8.78 Å². The Hall–Kier alpha value is -1.03. The molecule has 1 rings (SSSR count). The van der Waals surface area contributed by atoms with Gasteiger partial charge in [0.1, 0.15) is 5.69 Å². The second-order valence-corrected chi connectivity index (χ2v) is 2.83. The fourth-order valence-electron chi connectivity index (χ4n) is 0.904. The summed E-state index contributed by atoms with van der Waals surface area (Å²) in [6, 6.07) is 0.993. The summed E-state index contributed by atoms with van der Waals surface area (Å²) in [6.07, 6.45) is -2.25. The number of nitrogens with zero attached hydrogens (tertiary/aromatic N) is 1. The summed E-state index contributed by atoms with van der Waals surface area (Å²) in [6.45, 7) is 1.47. The van der Waals surface area contributed by atoms with Gasteiger partial charge in [-0.15, -0.1) is 0 Å². The summed E-state index contributed by atoms with van der Waals surface area (Å²) in [4.78, 5) is 13.9. The Bertz CT molecular complexity index is 341. The van der Waals surface area contributed by atoms with Gasteiger partial charge >= 0.3 is 0 Å². The van der Waals surface area contributed by atoms with Crippen LogP contribution in [0.4, 0.5) is 8.78 Å². The molecule has 0 aliphatic rings. The number of rotatable bonds is 2. The van der Waals surface area contributed by atoms with Crippen LogP contribution >= 0.6 is 11.6 Å². The normalized spacial score (nSPS) is 10.5. The molecule has 70 valence electrons. The molecule has 0 N–H and O–H groups in total. The molecule has 0 atom stereocenters. The number of carbonyl (C=O) groups excluding carboxylic acids is 1. The van der Waals surface area contributed by atoms with E-state index in [-0.39, 0.29) is 16.3 Å². The maximum absolute atomic E-state index is 12.2. The molecule has 1 heterocycles. The molecule has 0 unspecified atom stereocenters. The van der Waals surface area contributed by atoms with Crippen LogP contribution in [0, 0.1) is 6.92 Å². The van der Waals surface area contributed by atoms with Gasteiger partial charge in [0.05, 0.1) is 10.7 Å². The first-order valence-corrected chi connectivity index (χ1v) is 3.84. The average molecular weight is 206 g/mol. The van der Waals surface area contributed by atoms with Crippen molar-refractivity contribution in [2.24, 2.45) is 0 Å². The summed E-state index contributed by atoms with van der Waals surface area (Å²) in [5.41, 5.74) is -0.143. The average Bonchev–Trinajstić information content (AvgIpc) is 2.09. The molecule has 0 aliphatic heterocycles. The molecule has 0 aliphatic carbocycles. The van der Waals surface area contributed by atoms with Crippen molar-refractivity contribution in [3.05, 3.63) is 28.0 Å². The minimum absolute atomic E-state index is 0.0458. The standard InChI is InChI=1S/C8H6ClF2NO/c1-4-7(9)5(3-13)2-6(12-4)8(10)11/h2-3,8H,1H3. The van der Waals surface area contributed by atoms with Crippen molar-refractivity contribution >= 4 is 17.9 Å². The Kier molecular flexibility index (Phi) is 2.93. The number of hydrogen-bond donors (Lipinski definition) is 0. The third-order valence-corrected chi connectivity index (χ3v) is 2.01. The van der Waals surface area contributed by atoms with Crippen LogP contribution < -0.4 is 0 Å². The van der Waals surface area contributed by atoms with Crippen molar-refractivity contribution in [2.75, 3.05) is 0 Å². The molecule has 0 saturated heterocycles. The maximum Gasteiger partial charge on any atom is 0.280 e. The molecule has 0 amide bonds. The zero-order chi connectivity index (χ0) is 10.0. The van der Waals surface area contributed by atoms with Crippen molar-refractivity contribution in [1.82, 2.24) is 4.98 Å². The van der Waals surface area contributed by atoms with Crippen LogP contribution in [-0.2, 0) is 0 Å². The molecule has 0 saturated carbocycles. The Balaban J connectivity index is 3.30. The smallest absolute Gasteiger partial charge is 0.280 e. The Morgan fingerprint density at radius 3 is 2.69 bits per heavy atom. The number of aldehydes is 1. The van der Waals surface area contributed by atoms with E-state index in [1.54, 1.807) is 0 Å². The van der Waals surface area contributed by atoms with Gasteiger partial charge in [0.15, 0.2) is 6.29 Å². The Morgan fingerprint density at radius 1 is 1.62 bits per heavy atom. The number of hydrogen-bond acceptors (Lipinski definition) is 2. The summed E-state index contributed by atoms with van der Waals surface area (Å²) >= 11 is 5.63. The predicted octanol–water partition coefficient (Wildman–Crippen LogP) is 2.79. The van der Waals surface area contributed by atoms with Crippen LogP contribution in [0.2, 0.25) is 5.02 Å². The third-order valence-electron chi connectivity index (χ3n) is 1.52. The number of aryl methyl sites for hydroxylation is 1. The zero-order valence-electron chi connectivity index (χ0n) is 6.72. The molecule has 0 aromatic carbocycles. The van der Waals surface area contributed by atoms with E-state index in [1.165, 1.54) is 6.92 Å². The first kappa shape index (κ1) is 10.1. The molecule has 1 aromatic heterocycles. The monoisotopic (exact) mass is 205 g/mol. The topological polar surface area (TPSA) is 30.0 Å². The fourth-order valence-corrected chi connectivity index (χ4v) is 1.05. The van der Waals surface area contributed by atoms with Crippen LogP contribution in [0.15, 0.2) is 6.07 Å². The minimum Gasteiger partial charge on any atom is -0.298 e. The fraction of sp³-hybridized carbons (Fsp3) is 0.250. The van der Waals surface area contributed by atoms with Crippen LogP contribution in [0.3, 0.4) is 0 Å². The van der Waals surface area contributed by atoms with Crippen molar-refractivity contribution < 1.29 is 13.6 Å². The molecular weight excluding hydrogens is 200 g/mol. The summed E-state index contributed by atoms with van der Waals surface area (Å²) in [5.74, 6) is 0. The highest BCUT2D eigenvalue weighted by atomic mass is 35.5. The van der Waals surface area contributed by atoms with E-state index in [0.29, 0.717) is 6.29 Å². The molecule has 0 spiro atoms. The van der Waals surface area contributed by atoms with E-state index >= 15 is 0 Å². The lowest BCUT2D eigenvalue weighted by Gasteiger charge is -2.04. The van der Waals surface area contributed by atoms with E-state index in [2.05, 4.69) is 4.98 Å². The van der Waals surface area contributed by atoms with Gasteiger partial charge in [-0.2, -0.15) is 0 Å².